The number of aromatic hydroxyl groups is 1. The maximum atomic E-state index is 12.1. The predicted octanol–water partition coefficient (Wildman–Crippen LogP) is 7.12. The molecule has 3 aromatic rings. The van der Waals surface area contributed by atoms with Gasteiger partial charge < -0.3 is 20.7 Å². The second-order valence-corrected chi connectivity index (χ2v) is 9.15. The zero-order valence-electron chi connectivity index (χ0n) is 22.3. The Bertz CT molecular complexity index is 1190. The number of ether oxygens (including phenoxy) is 1. The molecule has 3 rings (SSSR count). The number of benzene rings is 3. The molecule has 0 amide bonds. The van der Waals surface area contributed by atoms with Gasteiger partial charge in [0.25, 0.3) is 0 Å². The monoisotopic (exact) mass is 505 g/mol. The molecule has 0 aliphatic rings. The molecule has 0 spiro atoms. The average Bonchev–Trinajstić information content (AvgIpc) is 2.90. The molecule has 0 radical (unpaired) electrons. The van der Waals surface area contributed by atoms with Crippen LogP contribution in [-0.4, -0.2) is 29.1 Å². The van der Waals surface area contributed by atoms with E-state index in [9.17, 15) is 19.8 Å². The van der Waals surface area contributed by atoms with Crippen LogP contribution in [0.15, 0.2) is 54.6 Å². The lowest BCUT2D eigenvalue weighted by Crippen LogP contribution is -2.07. The van der Waals surface area contributed by atoms with Crippen molar-refractivity contribution in [3.8, 4) is 11.5 Å². The number of carboxylic acid groups (broad SMARTS) is 1. The Labute approximate surface area is 220 Å². The number of carbonyl (C=O) groups excluding carboxylic acids is 1. The van der Waals surface area contributed by atoms with E-state index in [1.54, 1.807) is 42.5 Å². The van der Waals surface area contributed by atoms with Crippen molar-refractivity contribution in [3.63, 3.8) is 0 Å². The first-order chi connectivity index (χ1) is 17.7. The summed E-state index contributed by atoms with van der Waals surface area (Å²) in [5.41, 5.74) is 10.8. The van der Waals surface area contributed by atoms with Crippen molar-refractivity contribution in [2.75, 3.05) is 12.8 Å². The lowest BCUT2D eigenvalue weighted by molar-refractivity contribution is 0.0695. The van der Waals surface area contributed by atoms with E-state index >= 15 is 0 Å². The number of unbranched alkanes of at least 4 members (excludes halogenated alkanes) is 5. The predicted molar refractivity (Wildman–Crippen MR) is 149 cm³/mol. The molecule has 0 aliphatic heterocycles. The summed E-state index contributed by atoms with van der Waals surface area (Å²) >= 11 is 0. The maximum Gasteiger partial charge on any atom is 0.335 e. The second kappa shape index (κ2) is 14.7. The summed E-state index contributed by atoms with van der Waals surface area (Å²) in [4.78, 5) is 23.3. The Hall–Kier alpha value is -3.80. The van der Waals surface area contributed by atoms with Gasteiger partial charge >= 0.3 is 5.97 Å². The molecule has 0 atom stereocenters. The van der Waals surface area contributed by atoms with Crippen molar-refractivity contribution in [3.05, 3.63) is 88.0 Å². The summed E-state index contributed by atoms with van der Waals surface area (Å²) in [6.45, 7) is 5.94. The van der Waals surface area contributed by atoms with E-state index in [-0.39, 0.29) is 17.1 Å². The highest BCUT2D eigenvalue weighted by molar-refractivity contribution is 6.10. The van der Waals surface area contributed by atoms with Crippen LogP contribution in [0.3, 0.4) is 0 Å². The van der Waals surface area contributed by atoms with Crippen LogP contribution in [0.4, 0.5) is 5.69 Å². The fourth-order valence-corrected chi connectivity index (χ4v) is 4.11. The van der Waals surface area contributed by atoms with Gasteiger partial charge in [0.1, 0.15) is 11.5 Å². The number of hydrogen-bond donors (Lipinski definition) is 3. The number of carbonyl (C=O) groups is 2. The number of aromatic carboxylic acids is 1. The molecule has 0 heterocycles. The molecule has 6 heteroatoms. The van der Waals surface area contributed by atoms with Crippen molar-refractivity contribution in [1.29, 1.82) is 0 Å². The zero-order chi connectivity index (χ0) is 27.4. The van der Waals surface area contributed by atoms with E-state index in [1.165, 1.54) is 45.3 Å². The molecule has 0 saturated carbocycles. The van der Waals surface area contributed by atoms with Crippen molar-refractivity contribution in [2.24, 2.45) is 0 Å². The van der Waals surface area contributed by atoms with Gasteiger partial charge in [-0.05, 0) is 61.6 Å². The Kier molecular flexibility index (Phi) is 11.7. The Morgan fingerprint density at radius 3 is 2.11 bits per heavy atom. The first-order valence-electron chi connectivity index (χ1n) is 12.8. The van der Waals surface area contributed by atoms with E-state index in [0.29, 0.717) is 16.9 Å². The van der Waals surface area contributed by atoms with Gasteiger partial charge in [-0.25, -0.2) is 4.79 Å². The second-order valence-electron chi connectivity index (χ2n) is 9.15. The highest BCUT2D eigenvalue weighted by Gasteiger charge is 2.15. The van der Waals surface area contributed by atoms with Crippen LogP contribution < -0.4 is 10.5 Å². The van der Waals surface area contributed by atoms with Gasteiger partial charge in [-0.3, -0.25) is 4.79 Å². The molecule has 0 saturated heterocycles. The highest BCUT2D eigenvalue weighted by Crippen LogP contribution is 2.27. The third kappa shape index (κ3) is 8.38. The molecule has 4 N–H and O–H groups in total. The fraction of sp³-hybridized carbons (Fsp3) is 0.355. The lowest BCUT2D eigenvalue weighted by atomic mass is 9.94. The zero-order valence-corrected chi connectivity index (χ0v) is 22.3. The van der Waals surface area contributed by atoms with E-state index < -0.39 is 5.97 Å². The number of carboxylic acids is 1. The van der Waals surface area contributed by atoms with Gasteiger partial charge in [0.05, 0.1) is 18.2 Å². The number of rotatable bonds is 11. The summed E-state index contributed by atoms with van der Waals surface area (Å²) < 4.78 is 4.96. The Morgan fingerprint density at radius 2 is 1.51 bits per heavy atom. The first kappa shape index (κ1) is 29.4. The van der Waals surface area contributed by atoms with E-state index in [2.05, 4.69) is 6.92 Å². The molecule has 6 nitrogen and oxygen atoms in total. The van der Waals surface area contributed by atoms with Crippen LogP contribution in [0.25, 0.3) is 0 Å². The van der Waals surface area contributed by atoms with Gasteiger partial charge in [0.2, 0.25) is 0 Å². The minimum atomic E-state index is -0.866. The third-order valence-corrected chi connectivity index (χ3v) is 6.55. The Morgan fingerprint density at radius 1 is 0.865 bits per heavy atom. The number of methoxy groups -OCH3 is 1. The minimum Gasteiger partial charge on any atom is -0.507 e. The summed E-state index contributed by atoms with van der Waals surface area (Å²) in [5, 5.41) is 19.0. The van der Waals surface area contributed by atoms with Crippen molar-refractivity contribution in [2.45, 2.75) is 65.7 Å². The Balaban J connectivity index is 0.000000263. The molecule has 0 fully saturated rings. The smallest absolute Gasteiger partial charge is 0.335 e. The van der Waals surface area contributed by atoms with Crippen LogP contribution in [0.2, 0.25) is 0 Å². The topological polar surface area (TPSA) is 110 Å². The maximum absolute atomic E-state index is 12.1. The summed E-state index contributed by atoms with van der Waals surface area (Å²) in [6.07, 6.45) is 8.24. The summed E-state index contributed by atoms with van der Waals surface area (Å²) in [5.74, 6) is -0.620. The largest absolute Gasteiger partial charge is 0.507 e. The summed E-state index contributed by atoms with van der Waals surface area (Å²) in [6, 6.07) is 15.2. The number of nitrogen functional groups attached to an aromatic ring is 1. The molecule has 0 bridgehead atoms. The van der Waals surface area contributed by atoms with Crippen molar-refractivity contribution >= 4 is 17.4 Å². The van der Waals surface area contributed by atoms with Crippen LogP contribution in [0.5, 0.6) is 11.5 Å². The molecule has 3 aromatic carbocycles. The lowest BCUT2D eigenvalue weighted by Gasteiger charge is -2.14. The van der Waals surface area contributed by atoms with Crippen LogP contribution in [0.1, 0.15) is 88.4 Å². The molecule has 0 aliphatic carbocycles. The molecule has 198 valence electrons. The molecule has 0 aromatic heterocycles. The fourth-order valence-electron chi connectivity index (χ4n) is 4.11. The molecule has 0 unspecified atom stereocenters. The van der Waals surface area contributed by atoms with Crippen LogP contribution in [-0.2, 0) is 6.42 Å². The van der Waals surface area contributed by atoms with E-state index in [1.807, 2.05) is 19.9 Å². The van der Waals surface area contributed by atoms with Gasteiger partial charge in [0.15, 0.2) is 5.78 Å². The summed E-state index contributed by atoms with van der Waals surface area (Å²) in [7, 11) is 1.51. The average molecular weight is 506 g/mol. The molecule has 37 heavy (non-hydrogen) atoms. The number of ketones is 1. The quantitative estimate of drug-likeness (QED) is 0.145. The van der Waals surface area contributed by atoms with Crippen molar-refractivity contribution < 1.29 is 24.5 Å². The number of phenolic OH excluding ortho intramolecular Hbond substituents is 1. The SMILES string of the molecule is CCCCCCCCc1cc(C(=O)O)c(C)c(C)c1N.COc1ccc(C(=O)c2ccccc2)c(O)c1. The number of hydrogen-bond acceptors (Lipinski definition) is 5. The normalized spacial score (nSPS) is 10.4. The van der Waals surface area contributed by atoms with E-state index in [4.69, 9.17) is 10.5 Å². The molecular weight excluding hydrogens is 466 g/mol. The van der Waals surface area contributed by atoms with Crippen LogP contribution >= 0.6 is 0 Å². The standard InChI is InChI=1S/C17H27NO2.C14H12O3/c1-4-5-6-7-8-9-10-14-11-15(17(19)20)12(2)13(3)16(14)18;1-17-11-7-8-12(13(15)9-11)14(16)10-5-3-2-4-6-10/h11H,4-10,18H2,1-3H3,(H,19,20);2-9,15H,1H3. The highest BCUT2D eigenvalue weighted by atomic mass is 16.5. The third-order valence-electron chi connectivity index (χ3n) is 6.55. The number of nitrogens with two attached hydrogens (primary N) is 1. The minimum absolute atomic E-state index is 0.0711. The van der Waals surface area contributed by atoms with Gasteiger partial charge in [-0.1, -0.05) is 69.4 Å². The van der Waals surface area contributed by atoms with Crippen LogP contribution in [0, 0.1) is 13.8 Å². The number of aryl methyl sites for hydroxylation is 1. The van der Waals surface area contributed by atoms with Crippen molar-refractivity contribution in [1.82, 2.24) is 0 Å². The van der Waals surface area contributed by atoms with E-state index in [0.717, 1.165) is 35.2 Å². The molecular formula is C31H39NO5. The van der Waals surface area contributed by atoms with Gasteiger partial charge in [-0.2, -0.15) is 0 Å². The van der Waals surface area contributed by atoms with Gasteiger partial charge in [0, 0.05) is 17.3 Å². The number of anilines is 1. The first-order valence-corrected chi connectivity index (χ1v) is 12.8. The number of phenols is 1. The van der Waals surface area contributed by atoms with Gasteiger partial charge in [-0.15, -0.1) is 0 Å².